The Labute approximate surface area is 121 Å². The first kappa shape index (κ1) is 14.6. The van der Waals surface area contributed by atoms with E-state index < -0.39 is 0 Å². The van der Waals surface area contributed by atoms with Crippen molar-refractivity contribution in [2.24, 2.45) is 0 Å². The Kier molecular flexibility index (Phi) is 5.18. The Hall–Kier alpha value is -1.81. The van der Waals surface area contributed by atoms with Gasteiger partial charge < -0.3 is 10.6 Å². The number of nitrogens with zero attached hydrogens (tertiary/aromatic N) is 3. The molecule has 0 unspecified atom stereocenters. The Bertz CT molecular complexity index is 516. The Morgan fingerprint density at radius 1 is 1.15 bits per heavy atom. The van der Waals surface area contributed by atoms with Gasteiger partial charge in [0.15, 0.2) is 0 Å². The SMILES string of the molecule is CCc1ccc(CN(C)CCCn2ccc(N)n2)cc1. The summed E-state index contributed by atoms with van der Waals surface area (Å²) in [6, 6.07) is 10.7. The zero-order chi connectivity index (χ0) is 14.4. The molecular formula is C16H24N4. The van der Waals surface area contributed by atoms with E-state index in [1.807, 2.05) is 16.9 Å². The fraction of sp³-hybridized carbons (Fsp3) is 0.438. The quantitative estimate of drug-likeness (QED) is 0.842. The third-order valence-corrected chi connectivity index (χ3v) is 3.47. The molecular weight excluding hydrogens is 248 g/mol. The van der Waals surface area contributed by atoms with Gasteiger partial charge >= 0.3 is 0 Å². The van der Waals surface area contributed by atoms with E-state index in [-0.39, 0.29) is 0 Å². The molecule has 0 bridgehead atoms. The molecule has 0 aliphatic heterocycles. The van der Waals surface area contributed by atoms with Crippen molar-refractivity contribution in [3.05, 3.63) is 47.7 Å². The van der Waals surface area contributed by atoms with Crippen LogP contribution in [0.15, 0.2) is 36.5 Å². The average Bonchev–Trinajstić information content (AvgIpc) is 2.85. The molecule has 2 aromatic rings. The third kappa shape index (κ3) is 4.38. The van der Waals surface area contributed by atoms with Crippen LogP contribution in [0.5, 0.6) is 0 Å². The van der Waals surface area contributed by atoms with Crippen LogP contribution in [0, 0.1) is 0 Å². The fourth-order valence-corrected chi connectivity index (χ4v) is 2.28. The molecule has 0 saturated carbocycles. The van der Waals surface area contributed by atoms with E-state index in [9.17, 15) is 0 Å². The number of nitrogens with two attached hydrogens (primary N) is 1. The first-order valence-electron chi connectivity index (χ1n) is 7.22. The maximum Gasteiger partial charge on any atom is 0.145 e. The highest BCUT2D eigenvalue weighted by Gasteiger charge is 2.01. The first-order chi connectivity index (χ1) is 9.67. The maximum absolute atomic E-state index is 5.59. The van der Waals surface area contributed by atoms with Crippen LogP contribution >= 0.6 is 0 Å². The monoisotopic (exact) mass is 272 g/mol. The van der Waals surface area contributed by atoms with E-state index >= 15 is 0 Å². The van der Waals surface area contributed by atoms with Crippen molar-refractivity contribution < 1.29 is 0 Å². The van der Waals surface area contributed by atoms with Crippen LogP contribution in [-0.2, 0) is 19.5 Å². The number of hydrogen-bond donors (Lipinski definition) is 1. The van der Waals surface area contributed by atoms with Crippen molar-refractivity contribution in [2.75, 3.05) is 19.3 Å². The summed E-state index contributed by atoms with van der Waals surface area (Å²) in [7, 11) is 2.16. The summed E-state index contributed by atoms with van der Waals surface area (Å²) >= 11 is 0. The Balaban J connectivity index is 1.72. The molecule has 0 aliphatic rings. The molecule has 2 N–H and O–H groups in total. The summed E-state index contributed by atoms with van der Waals surface area (Å²) < 4.78 is 1.90. The van der Waals surface area contributed by atoms with Gasteiger partial charge in [0.2, 0.25) is 0 Å². The second-order valence-corrected chi connectivity index (χ2v) is 5.27. The molecule has 4 nitrogen and oxygen atoms in total. The van der Waals surface area contributed by atoms with Crippen LogP contribution < -0.4 is 5.73 Å². The molecule has 0 amide bonds. The van der Waals surface area contributed by atoms with Crippen LogP contribution in [0.2, 0.25) is 0 Å². The van der Waals surface area contributed by atoms with Crippen molar-refractivity contribution in [1.82, 2.24) is 14.7 Å². The summed E-state index contributed by atoms with van der Waals surface area (Å²) in [4.78, 5) is 2.34. The van der Waals surface area contributed by atoms with Crippen LogP contribution in [0.4, 0.5) is 5.82 Å². The average molecular weight is 272 g/mol. The molecule has 4 heteroatoms. The lowest BCUT2D eigenvalue weighted by Gasteiger charge is -2.16. The van der Waals surface area contributed by atoms with E-state index in [0.717, 1.165) is 32.5 Å². The molecule has 1 aromatic heterocycles. The van der Waals surface area contributed by atoms with E-state index in [4.69, 9.17) is 5.73 Å². The number of nitrogen functional groups attached to an aromatic ring is 1. The molecule has 0 spiro atoms. The number of benzene rings is 1. The lowest BCUT2D eigenvalue weighted by molar-refractivity contribution is 0.311. The molecule has 1 heterocycles. The Morgan fingerprint density at radius 3 is 2.45 bits per heavy atom. The lowest BCUT2D eigenvalue weighted by Crippen LogP contribution is -2.20. The van der Waals surface area contributed by atoms with Crippen molar-refractivity contribution in [2.45, 2.75) is 32.9 Å². The molecule has 0 atom stereocenters. The smallest absolute Gasteiger partial charge is 0.145 e. The minimum absolute atomic E-state index is 0.592. The van der Waals surface area contributed by atoms with E-state index in [2.05, 4.69) is 48.2 Å². The number of aromatic nitrogens is 2. The largest absolute Gasteiger partial charge is 0.382 e. The second kappa shape index (κ2) is 7.10. The molecule has 2 rings (SSSR count). The molecule has 0 radical (unpaired) electrons. The summed E-state index contributed by atoms with van der Waals surface area (Å²) in [6.45, 7) is 5.14. The van der Waals surface area contributed by atoms with Gasteiger partial charge in [-0.3, -0.25) is 4.68 Å². The zero-order valence-electron chi connectivity index (χ0n) is 12.4. The first-order valence-corrected chi connectivity index (χ1v) is 7.22. The molecule has 1 aromatic carbocycles. The molecule has 20 heavy (non-hydrogen) atoms. The van der Waals surface area contributed by atoms with Crippen molar-refractivity contribution in [1.29, 1.82) is 0 Å². The predicted octanol–water partition coefficient (Wildman–Crippen LogP) is 2.55. The van der Waals surface area contributed by atoms with Gasteiger partial charge in [-0.25, -0.2) is 0 Å². The van der Waals surface area contributed by atoms with Gasteiger partial charge in [0, 0.05) is 19.3 Å². The van der Waals surface area contributed by atoms with Gasteiger partial charge in [0.05, 0.1) is 0 Å². The summed E-state index contributed by atoms with van der Waals surface area (Å²) in [5.74, 6) is 0.592. The topological polar surface area (TPSA) is 47.1 Å². The molecule has 108 valence electrons. The highest BCUT2D eigenvalue weighted by atomic mass is 15.3. The van der Waals surface area contributed by atoms with Crippen LogP contribution in [0.25, 0.3) is 0 Å². The van der Waals surface area contributed by atoms with Gasteiger partial charge in [-0.05, 0) is 43.6 Å². The minimum Gasteiger partial charge on any atom is -0.382 e. The van der Waals surface area contributed by atoms with Crippen molar-refractivity contribution >= 4 is 5.82 Å². The molecule has 0 aliphatic carbocycles. The standard InChI is InChI=1S/C16H24N4/c1-3-14-5-7-15(8-6-14)13-19(2)10-4-11-20-12-9-16(17)18-20/h5-9,12H,3-4,10-11,13H2,1-2H3,(H2,17,18). The highest BCUT2D eigenvalue weighted by molar-refractivity contribution is 5.23. The van der Waals surface area contributed by atoms with Crippen LogP contribution in [0.1, 0.15) is 24.5 Å². The summed E-state index contributed by atoms with van der Waals surface area (Å²) in [6.07, 6.45) is 4.10. The van der Waals surface area contributed by atoms with Gasteiger partial charge in [-0.2, -0.15) is 5.10 Å². The van der Waals surface area contributed by atoms with Gasteiger partial charge in [-0.15, -0.1) is 0 Å². The maximum atomic E-state index is 5.59. The van der Waals surface area contributed by atoms with Crippen molar-refractivity contribution in [3.8, 4) is 0 Å². The van der Waals surface area contributed by atoms with Gasteiger partial charge in [0.1, 0.15) is 5.82 Å². The number of rotatable bonds is 7. The summed E-state index contributed by atoms with van der Waals surface area (Å²) in [5, 5.41) is 4.19. The normalized spacial score (nSPS) is 11.2. The van der Waals surface area contributed by atoms with E-state index in [1.165, 1.54) is 11.1 Å². The summed E-state index contributed by atoms with van der Waals surface area (Å²) in [5.41, 5.74) is 8.36. The van der Waals surface area contributed by atoms with Gasteiger partial charge in [0.25, 0.3) is 0 Å². The van der Waals surface area contributed by atoms with Crippen LogP contribution in [0.3, 0.4) is 0 Å². The lowest BCUT2D eigenvalue weighted by atomic mass is 10.1. The molecule has 0 fully saturated rings. The number of hydrogen-bond acceptors (Lipinski definition) is 3. The molecule has 0 saturated heterocycles. The minimum atomic E-state index is 0.592. The highest BCUT2D eigenvalue weighted by Crippen LogP contribution is 2.08. The number of anilines is 1. The third-order valence-electron chi connectivity index (χ3n) is 3.47. The van der Waals surface area contributed by atoms with Crippen LogP contribution in [-0.4, -0.2) is 28.3 Å². The van der Waals surface area contributed by atoms with E-state index in [0.29, 0.717) is 5.82 Å². The van der Waals surface area contributed by atoms with Gasteiger partial charge in [-0.1, -0.05) is 31.2 Å². The fourth-order valence-electron chi connectivity index (χ4n) is 2.28. The zero-order valence-corrected chi connectivity index (χ0v) is 12.4. The van der Waals surface area contributed by atoms with E-state index in [1.54, 1.807) is 0 Å². The number of aryl methyl sites for hydroxylation is 2. The van der Waals surface area contributed by atoms with Crippen molar-refractivity contribution in [3.63, 3.8) is 0 Å². The predicted molar refractivity (Wildman–Crippen MR) is 83.4 cm³/mol. The Morgan fingerprint density at radius 2 is 1.85 bits per heavy atom. The second-order valence-electron chi connectivity index (χ2n) is 5.27.